The van der Waals surface area contributed by atoms with E-state index in [-0.39, 0.29) is 11.9 Å². The van der Waals surface area contributed by atoms with Crippen molar-refractivity contribution in [2.75, 3.05) is 29.9 Å². The van der Waals surface area contributed by atoms with Crippen molar-refractivity contribution in [2.24, 2.45) is 0 Å². The van der Waals surface area contributed by atoms with Crippen molar-refractivity contribution in [3.8, 4) is 5.75 Å². The van der Waals surface area contributed by atoms with Crippen molar-refractivity contribution >= 4 is 17.7 Å². The number of amides is 1. The summed E-state index contributed by atoms with van der Waals surface area (Å²) in [5.41, 5.74) is 2.85. The molecular weight excluding hydrogens is 414 g/mol. The number of hydrogen-bond acceptors (Lipinski definition) is 6. The van der Waals surface area contributed by atoms with E-state index in [9.17, 15) is 4.79 Å². The van der Waals surface area contributed by atoms with Crippen LogP contribution in [0.3, 0.4) is 0 Å². The fourth-order valence-corrected chi connectivity index (χ4v) is 3.85. The number of anilines is 2. The zero-order valence-corrected chi connectivity index (χ0v) is 19.4. The van der Waals surface area contributed by atoms with E-state index in [4.69, 9.17) is 4.74 Å². The molecule has 0 saturated heterocycles. The molecule has 2 heterocycles. The van der Waals surface area contributed by atoms with E-state index in [2.05, 4.69) is 53.5 Å². The summed E-state index contributed by atoms with van der Waals surface area (Å²) in [6, 6.07) is 17.9. The summed E-state index contributed by atoms with van der Waals surface area (Å²) in [5, 5.41) is 6.74. The average Bonchev–Trinajstić information content (AvgIpc) is 3.30. The second-order valence-electron chi connectivity index (χ2n) is 8.50. The van der Waals surface area contributed by atoms with Crippen molar-refractivity contribution < 1.29 is 9.53 Å². The minimum Gasteiger partial charge on any atom is -0.493 e. The highest BCUT2D eigenvalue weighted by Crippen LogP contribution is 2.27. The van der Waals surface area contributed by atoms with Gasteiger partial charge >= 0.3 is 0 Å². The van der Waals surface area contributed by atoms with Gasteiger partial charge in [0.05, 0.1) is 12.6 Å². The molecule has 7 heteroatoms. The Morgan fingerprint density at radius 3 is 2.73 bits per heavy atom. The molecule has 0 saturated carbocycles. The van der Waals surface area contributed by atoms with Gasteiger partial charge in [-0.05, 0) is 42.3 Å². The Morgan fingerprint density at radius 1 is 1.12 bits per heavy atom. The molecule has 1 aliphatic rings. The molecule has 2 N–H and O–H groups in total. The molecular formula is C26H31N5O2. The summed E-state index contributed by atoms with van der Waals surface area (Å²) in [4.78, 5) is 24.3. The fraction of sp³-hybridized carbons (Fsp3) is 0.346. The summed E-state index contributed by atoms with van der Waals surface area (Å²) in [6.07, 6.45) is 2.51. The van der Waals surface area contributed by atoms with E-state index in [1.54, 1.807) is 17.2 Å². The van der Waals surface area contributed by atoms with E-state index in [0.717, 1.165) is 23.3 Å². The maximum atomic E-state index is 13.6. The maximum absolute atomic E-state index is 13.6. The number of rotatable bonds is 9. The summed E-state index contributed by atoms with van der Waals surface area (Å²) in [5.74, 6) is 1.83. The van der Waals surface area contributed by atoms with Crippen LogP contribution >= 0.6 is 0 Å². The third-order valence-electron chi connectivity index (χ3n) is 5.63. The zero-order valence-electron chi connectivity index (χ0n) is 19.4. The van der Waals surface area contributed by atoms with Crippen LogP contribution < -0.4 is 20.3 Å². The van der Waals surface area contributed by atoms with Crippen LogP contribution in [0, 0.1) is 0 Å². The molecule has 3 aromatic rings. The topological polar surface area (TPSA) is 79.4 Å². The normalized spacial score (nSPS) is 13.3. The first-order valence-electron chi connectivity index (χ1n) is 11.5. The van der Waals surface area contributed by atoms with Crippen LogP contribution in [0.4, 0.5) is 11.8 Å². The van der Waals surface area contributed by atoms with Gasteiger partial charge in [0.15, 0.2) is 0 Å². The van der Waals surface area contributed by atoms with Gasteiger partial charge in [0.25, 0.3) is 5.91 Å². The summed E-state index contributed by atoms with van der Waals surface area (Å²) >= 11 is 0. The lowest BCUT2D eigenvalue weighted by Crippen LogP contribution is -2.39. The highest BCUT2D eigenvalue weighted by atomic mass is 16.5. The third-order valence-corrected chi connectivity index (χ3v) is 5.63. The van der Waals surface area contributed by atoms with Gasteiger partial charge in [0.2, 0.25) is 5.95 Å². The number of fused-ring (bicyclic) bond motifs is 1. The van der Waals surface area contributed by atoms with E-state index in [0.29, 0.717) is 43.1 Å². The standard InChI is InChI=1S/C26H31N5O2/c1-18(2)27-14-15-31(25(32)22-9-10-23-21(17-22)12-16-33-23)24-11-13-28-26(30-24)29-19(3)20-7-5-4-6-8-20/h4-11,13,17-19,27H,12,14-16H2,1-3H3,(H,28,29,30)/t19-/m0/s1. The van der Waals surface area contributed by atoms with Crippen molar-refractivity contribution in [3.63, 3.8) is 0 Å². The molecule has 1 atom stereocenters. The SMILES string of the molecule is CC(C)NCCN(C(=O)c1ccc2c(c1)CCO2)c1ccnc(N[C@@H](C)c2ccccc2)n1. The van der Waals surface area contributed by atoms with Gasteiger partial charge in [-0.25, -0.2) is 4.98 Å². The first-order valence-corrected chi connectivity index (χ1v) is 11.5. The number of nitrogens with one attached hydrogen (secondary N) is 2. The van der Waals surface area contributed by atoms with Crippen LogP contribution in [0.25, 0.3) is 0 Å². The van der Waals surface area contributed by atoms with Gasteiger partial charge in [-0.3, -0.25) is 9.69 Å². The van der Waals surface area contributed by atoms with E-state index >= 15 is 0 Å². The van der Waals surface area contributed by atoms with E-state index < -0.39 is 0 Å². The number of carbonyl (C=O) groups is 1. The predicted molar refractivity (Wildman–Crippen MR) is 131 cm³/mol. The molecule has 33 heavy (non-hydrogen) atoms. The van der Waals surface area contributed by atoms with Crippen LogP contribution in [0.5, 0.6) is 5.75 Å². The van der Waals surface area contributed by atoms with Crippen LogP contribution in [0.2, 0.25) is 0 Å². The van der Waals surface area contributed by atoms with Gasteiger partial charge in [-0.15, -0.1) is 0 Å². The Hall–Kier alpha value is -3.45. The second-order valence-corrected chi connectivity index (χ2v) is 8.50. The second kappa shape index (κ2) is 10.4. The number of hydrogen-bond donors (Lipinski definition) is 2. The molecule has 0 aliphatic carbocycles. The lowest BCUT2D eigenvalue weighted by molar-refractivity contribution is 0.0986. The Balaban J connectivity index is 1.57. The molecule has 172 valence electrons. The Morgan fingerprint density at radius 2 is 1.94 bits per heavy atom. The summed E-state index contributed by atoms with van der Waals surface area (Å²) < 4.78 is 5.59. The first kappa shape index (κ1) is 22.7. The lowest BCUT2D eigenvalue weighted by Gasteiger charge is -2.24. The smallest absolute Gasteiger partial charge is 0.259 e. The monoisotopic (exact) mass is 445 g/mol. The number of nitrogens with zero attached hydrogens (tertiary/aromatic N) is 3. The van der Waals surface area contributed by atoms with Gasteiger partial charge < -0.3 is 15.4 Å². The highest BCUT2D eigenvalue weighted by Gasteiger charge is 2.22. The Bertz CT molecular complexity index is 1090. The van der Waals surface area contributed by atoms with Crippen LogP contribution in [-0.2, 0) is 6.42 Å². The van der Waals surface area contributed by atoms with Crippen molar-refractivity contribution in [1.82, 2.24) is 15.3 Å². The molecule has 0 bridgehead atoms. The molecule has 0 fully saturated rings. The summed E-state index contributed by atoms with van der Waals surface area (Å²) in [6.45, 7) is 8.05. The molecule has 4 rings (SSSR count). The van der Waals surface area contributed by atoms with Crippen molar-refractivity contribution in [1.29, 1.82) is 0 Å². The van der Waals surface area contributed by atoms with Gasteiger partial charge in [0.1, 0.15) is 11.6 Å². The molecule has 7 nitrogen and oxygen atoms in total. The number of benzene rings is 2. The van der Waals surface area contributed by atoms with Gasteiger partial charge in [0, 0.05) is 37.3 Å². The van der Waals surface area contributed by atoms with Crippen molar-refractivity contribution in [2.45, 2.75) is 39.3 Å². The minimum atomic E-state index is -0.0870. The molecule has 0 radical (unpaired) electrons. The molecule has 1 amide bonds. The van der Waals surface area contributed by atoms with Gasteiger partial charge in [-0.2, -0.15) is 4.98 Å². The van der Waals surface area contributed by atoms with Crippen LogP contribution in [0.1, 0.15) is 48.3 Å². The van der Waals surface area contributed by atoms with Gasteiger partial charge in [-0.1, -0.05) is 44.2 Å². The Kier molecular flexibility index (Phi) is 7.19. The number of ether oxygens (including phenoxy) is 1. The molecule has 1 aliphatic heterocycles. The predicted octanol–water partition coefficient (Wildman–Crippen LogP) is 4.23. The Labute approximate surface area is 195 Å². The molecule has 1 aromatic heterocycles. The van der Waals surface area contributed by atoms with Crippen LogP contribution in [-0.4, -0.2) is 41.6 Å². The third kappa shape index (κ3) is 5.68. The first-order chi connectivity index (χ1) is 16.0. The molecule has 0 unspecified atom stereocenters. The highest BCUT2D eigenvalue weighted by molar-refractivity contribution is 6.05. The fourth-order valence-electron chi connectivity index (χ4n) is 3.85. The van der Waals surface area contributed by atoms with Crippen LogP contribution in [0.15, 0.2) is 60.8 Å². The lowest BCUT2D eigenvalue weighted by atomic mass is 10.1. The zero-order chi connectivity index (χ0) is 23.2. The summed E-state index contributed by atoms with van der Waals surface area (Å²) in [7, 11) is 0. The minimum absolute atomic E-state index is 0.0323. The largest absolute Gasteiger partial charge is 0.493 e. The maximum Gasteiger partial charge on any atom is 0.259 e. The van der Waals surface area contributed by atoms with Crippen molar-refractivity contribution in [3.05, 3.63) is 77.5 Å². The number of carbonyl (C=O) groups excluding carboxylic acids is 1. The van der Waals surface area contributed by atoms with E-state index in [1.807, 2.05) is 36.4 Å². The average molecular weight is 446 g/mol. The quantitative estimate of drug-likeness (QED) is 0.513. The number of aromatic nitrogens is 2. The van der Waals surface area contributed by atoms with E-state index in [1.165, 1.54) is 0 Å². The molecule has 2 aromatic carbocycles. The molecule has 0 spiro atoms.